The first-order chi connectivity index (χ1) is 20.2. The van der Waals surface area contributed by atoms with Gasteiger partial charge in [0.15, 0.2) is 5.82 Å². The Balaban J connectivity index is 1.53. The fourth-order valence-corrected chi connectivity index (χ4v) is 6.22. The lowest BCUT2D eigenvalue weighted by atomic mass is 9.93. The molecule has 12 heteroatoms. The molecule has 0 saturated heterocycles. The highest BCUT2D eigenvalue weighted by Gasteiger charge is 2.34. The lowest BCUT2D eigenvalue weighted by Gasteiger charge is -2.34. The summed E-state index contributed by atoms with van der Waals surface area (Å²) < 4.78 is 44.3. The number of alkyl halides is 2. The molecule has 0 atom stereocenters. The van der Waals surface area contributed by atoms with Crippen molar-refractivity contribution in [1.82, 2.24) is 24.5 Å². The van der Waals surface area contributed by atoms with Gasteiger partial charge >= 0.3 is 6.09 Å². The van der Waals surface area contributed by atoms with Gasteiger partial charge in [-0.15, -0.1) is 0 Å². The minimum Gasteiger partial charge on any atom is -0.444 e. The molecule has 0 N–H and O–H groups in total. The van der Waals surface area contributed by atoms with E-state index >= 15 is 0 Å². The smallest absolute Gasteiger partial charge is 0.410 e. The van der Waals surface area contributed by atoms with Crippen LogP contribution in [0.4, 0.5) is 25.1 Å². The van der Waals surface area contributed by atoms with Crippen molar-refractivity contribution in [2.45, 2.75) is 65.3 Å². The molecule has 0 unspecified atom stereocenters. The van der Waals surface area contributed by atoms with Crippen LogP contribution in [0, 0.1) is 0 Å². The number of hydrogen-bond acceptors (Lipinski definition) is 6. The molecule has 43 heavy (non-hydrogen) atoms. The number of benzene rings is 1. The number of rotatable bonds is 8. The van der Waals surface area contributed by atoms with E-state index in [1.807, 2.05) is 36.4 Å². The van der Waals surface area contributed by atoms with Crippen LogP contribution in [0.3, 0.4) is 0 Å². The van der Waals surface area contributed by atoms with E-state index < -0.39 is 22.1 Å². The van der Waals surface area contributed by atoms with Crippen LogP contribution in [-0.2, 0) is 42.6 Å². The van der Waals surface area contributed by atoms with Crippen LogP contribution in [0.1, 0.15) is 56.0 Å². The van der Waals surface area contributed by atoms with Gasteiger partial charge in [-0.05, 0) is 75.6 Å². The van der Waals surface area contributed by atoms with Crippen molar-refractivity contribution < 1.29 is 23.0 Å². The summed E-state index contributed by atoms with van der Waals surface area (Å²) in [5.74, 6) is 1.67. The highest BCUT2D eigenvalue weighted by molar-refractivity contribution is 8.32. The Morgan fingerprint density at radius 3 is 2.56 bits per heavy atom. The quantitative estimate of drug-likeness (QED) is 0.277. The number of aromatic nitrogens is 4. The molecule has 2 aliphatic rings. The topological polar surface area (TPSA) is 77.7 Å². The molecule has 1 aromatic carbocycles. The van der Waals surface area contributed by atoms with E-state index in [1.165, 1.54) is 0 Å². The van der Waals surface area contributed by atoms with Crippen LogP contribution < -0.4 is 4.90 Å². The number of anilines is 2. The normalized spacial score (nSPS) is 16.0. The van der Waals surface area contributed by atoms with Gasteiger partial charge < -0.3 is 19.3 Å². The second kappa shape index (κ2) is 12.1. The van der Waals surface area contributed by atoms with Gasteiger partial charge in [-0.3, -0.25) is 4.68 Å². The number of carbonyl (C=O) groups excluding carboxylic acids is 1. The van der Waals surface area contributed by atoms with E-state index in [1.54, 1.807) is 35.1 Å². The van der Waals surface area contributed by atoms with Crippen LogP contribution >= 0.6 is 10.0 Å². The number of fused-ring (bicyclic) bond motifs is 2. The summed E-state index contributed by atoms with van der Waals surface area (Å²) in [5.41, 5.74) is 4.15. The summed E-state index contributed by atoms with van der Waals surface area (Å²) in [5, 5.41) is 9.22. The summed E-state index contributed by atoms with van der Waals surface area (Å²) in [6.07, 6.45) is 9.35. The number of amides is 1. The van der Waals surface area contributed by atoms with Crippen molar-refractivity contribution in [3.05, 3.63) is 46.9 Å². The van der Waals surface area contributed by atoms with Crippen molar-refractivity contribution in [3.63, 3.8) is 0 Å². The fourth-order valence-electron chi connectivity index (χ4n) is 5.60. The van der Waals surface area contributed by atoms with Crippen molar-refractivity contribution >= 4 is 27.6 Å². The van der Waals surface area contributed by atoms with Crippen LogP contribution in [0.5, 0.6) is 0 Å². The third-order valence-electron chi connectivity index (χ3n) is 7.69. The molecular weight excluding hydrogens is 574 g/mol. The zero-order valence-electron chi connectivity index (χ0n) is 26.3. The van der Waals surface area contributed by atoms with E-state index in [2.05, 4.69) is 23.9 Å². The number of aryl methyl sites for hydroxylation is 2. The Hall–Kier alpha value is -3.12. The maximum Gasteiger partial charge on any atom is 0.410 e. The van der Waals surface area contributed by atoms with Gasteiger partial charge in [0.05, 0.1) is 25.0 Å². The third-order valence-corrected chi connectivity index (χ3v) is 9.09. The largest absolute Gasteiger partial charge is 0.444 e. The molecule has 4 heterocycles. The fraction of sp³-hybridized carbons (Fsp3) is 0.581. The maximum absolute atomic E-state index is 14.5. The second-order valence-electron chi connectivity index (χ2n) is 13.3. The average molecular weight is 619 g/mol. The number of hydrogen-bond donors (Lipinski definition) is 0. The van der Waals surface area contributed by atoms with Gasteiger partial charge in [0.1, 0.15) is 12.3 Å². The Morgan fingerprint density at radius 2 is 1.91 bits per heavy atom. The molecule has 3 aromatic rings. The highest BCUT2D eigenvalue weighted by Crippen LogP contribution is 2.43. The zero-order chi connectivity index (χ0) is 31.1. The number of carbonyl (C=O) groups is 1. The molecule has 5 rings (SSSR count). The molecule has 2 aliphatic heterocycles. The number of nitrogens with zero attached hydrogens (tertiary/aromatic N) is 6. The Kier molecular flexibility index (Phi) is 8.82. The molecule has 236 valence electrons. The highest BCUT2D eigenvalue weighted by atomic mass is 32.3. The molecule has 0 bridgehead atoms. The lowest BCUT2D eigenvalue weighted by molar-refractivity contribution is 0.0219. The van der Waals surface area contributed by atoms with Crippen LogP contribution in [-0.4, -0.2) is 80.4 Å². The van der Waals surface area contributed by atoms with Gasteiger partial charge in [-0.1, -0.05) is 0 Å². The Morgan fingerprint density at radius 1 is 1.14 bits per heavy atom. The lowest BCUT2D eigenvalue weighted by Crippen LogP contribution is -2.40. The Bertz CT molecular complexity index is 1470. The first-order valence-corrected chi connectivity index (χ1v) is 17.7. The first-order valence-electron chi connectivity index (χ1n) is 14.7. The van der Waals surface area contributed by atoms with E-state index in [4.69, 9.17) is 14.6 Å². The van der Waals surface area contributed by atoms with E-state index in [0.29, 0.717) is 56.3 Å². The predicted molar refractivity (Wildman–Crippen MR) is 168 cm³/mol. The van der Waals surface area contributed by atoms with Gasteiger partial charge in [0, 0.05) is 60.9 Å². The summed E-state index contributed by atoms with van der Waals surface area (Å²) >= 11 is 0. The van der Waals surface area contributed by atoms with Gasteiger partial charge in [-0.25, -0.2) is 28.3 Å². The van der Waals surface area contributed by atoms with Crippen molar-refractivity contribution in [2.75, 3.05) is 49.1 Å². The molecule has 0 aliphatic carbocycles. The summed E-state index contributed by atoms with van der Waals surface area (Å²) in [7, 11) is 1.08. The van der Waals surface area contributed by atoms with Crippen LogP contribution in [0.25, 0.3) is 11.1 Å². The second-order valence-corrected chi connectivity index (χ2v) is 17.8. The monoisotopic (exact) mass is 618 g/mol. The zero-order valence-corrected chi connectivity index (χ0v) is 27.1. The van der Waals surface area contributed by atoms with Crippen molar-refractivity contribution in [1.29, 1.82) is 0 Å². The molecule has 0 saturated carbocycles. The first kappa shape index (κ1) is 31.3. The minimum atomic E-state index is -2.66. The average Bonchev–Trinajstić information content (AvgIpc) is 3.51. The summed E-state index contributed by atoms with van der Waals surface area (Å²) in [4.78, 5) is 16.8. The SMILES string of the molecule is Cn1cc(-c2cc3c(cc2C(F)F)N(c2nn(COCCS(C)(C)C)c4c2CN(C(=O)OC(C)(C)C)CC4)CCC3)cn1. The van der Waals surface area contributed by atoms with Crippen LogP contribution in [0.2, 0.25) is 0 Å². The third kappa shape index (κ3) is 7.17. The van der Waals surface area contributed by atoms with Crippen LogP contribution in [0.15, 0.2) is 24.5 Å². The number of halogens is 2. The standard InChI is InChI=1S/C31H44F2N6O3S/c1-31(2,3)42-30(40)37-12-10-26-25(19-37)29(35-39(26)20-41-13-14-43(5,6)7)38-11-8-9-21-15-23(22-17-34-36(4)18-22)24(28(32)33)16-27(21)38/h15-18,28H,8-14,19-20H2,1-7H3. The Labute approximate surface area is 254 Å². The molecular formula is C31H44F2N6O3S. The maximum atomic E-state index is 14.5. The van der Waals surface area contributed by atoms with Gasteiger partial charge in [0.25, 0.3) is 6.43 Å². The van der Waals surface area contributed by atoms with E-state index in [9.17, 15) is 13.6 Å². The van der Waals surface area contributed by atoms with Gasteiger partial charge in [-0.2, -0.15) is 10.2 Å². The van der Waals surface area contributed by atoms with E-state index in [-0.39, 0.29) is 11.7 Å². The molecule has 9 nitrogen and oxygen atoms in total. The van der Waals surface area contributed by atoms with Crippen molar-refractivity contribution in [2.24, 2.45) is 7.05 Å². The molecule has 1 amide bonds. The minimum absolute atomic E-state index is 0.0321. The molecule has 0 spiro atoms. The van der Waals surface area contributed by atoms with E-state index in [0.717, 1.165) is 41.1 Å². The van der Waals surface area contributed by atoms with Gasteiger partial charge in [0.2, 0.25) is 0 Å². The molecule has 0 radical (unpaired) electrons. The van der Waals surface area contributed by atoms with Crippen molar-refractivity contribution in [3.8, 4) is 11.1 Å². The summed E-state index contributed by atoms with van der Waals surface area (Å²) in [6.45, 7) is 7.95. The predicted octanol–water partition coefficient (Wildman–Crippen LogP) is 6.27. The molecule has 2 aromatic heterocycles. The molecule has 0 fully saturated rings. The summed E-state index contributed by atoms with van der Waals surface area (Å²) in [6, 6.07) is 3.50. The number of ether oxygens (including phenoxy) is 2.